The maximum Gasteiger partial charge on any atom is 0.0899 e. The molecule has 18 heavy (non-hydrogen) atoms. The van der Waals surface area contributed by atoms with Gasteiger partial charge in [-0.2, -0.15) is 10.4 Å². The van der Waals surface area contributed by atoms with Crippen LogP contribution in [-0.2, 0) is 0 Å². The smallest absolute Gasteiger partial charge is 0.0899 e. The fraction of sp³-hybridized carbons (Fsp3) is 0.357. The molecule has 0 amide bonds. The highest BCUT2D eigenvalue weighted by molar-refractivity contribution is 5.18. The third-order valence-corrected chi connectivity index (χ3v) is 2.43. The van der Waals surface area contributed by atoms with E-state index in [2.05, 4.69) is 16.2 Å². The number of hydrogen-bond donors (Lipinski definition) is 0. The number of hydrogen-bond acceptors (Lipinski definition) is 3. The number of nitrogens with zero attached hydrogens (tertiary/aromatic N) is 4. The molecule has 2 aromatic heterocycles. The summed E-state index contributed by atoms with van der Waals surface area (Å²) in [5, 5.41) is 13.1. The Labute approximate surface area is 108 Å². The van der Waals surface area contributed by atoms with E-state index in [1.807, 2.05) is 43.8 Å². The summed E-state index contributed by atoms with van der Waals surface area (Å²) in [6.45, 7) is 5.99. The van der Waals surface area contributed by atoms with Gasteiger partial charge in [-0.25, -0.2) is 0 Å². The molecular formula is C14H18N4. The van der Waals surface area contributed by atoms with Crippen molar-refractivity contribution in [3.63, 3.8) is 0 Å². The number of rotatable bonds is 3. The van der Waals surface area contributed by atoms with Gasteiger partial charge in [0, 0.05) is 18.6 Å². The summed E-state index contributed by atoms with van der Waals surface area (Å²) in [5.74, 6) is 0. The molecule has 0 aliphatic carbocycles. The van der Waals surface area contributed by atoms with Crippen LogP contribution < -0.4 is 0 Å². The van der Waals surface area contributed by atoms with Crippen LogP contribution in [0.25, 0.3) is 0 Å². The van der Waals surface area contributed by atoms with E-state index in [1.54, 1.807) is 18.6 Å². The highest BCUT2D eigenvalue weighted by Crippen LogP contribution is 2.20. The molecule has 0 aliphatic rings. The lowest BCUT2D eigenvalue weighted by Gasteiger charge is -2.14. The van der Waals surface area contributed by atoms with Gasteiger partial charge in [0.15, 0.2) is 0 Å². The minimum absolute atomic E-state index is 0.0262. The van der Waals surface area contributed by atoms with Crippen LogP contribution in [0.3, 0.4) is 0 Å². The fourth-order valence-electron chi connectivity index (χ4n) is 1.64. The standard InChI is InChI=1S/C12H12N4.C2H6/c1-10-8-15-16(9-10)12(2-5-13)11-3-6-14-7-4-11;1-2/h3-4,6-9,12H,2H2,1H3;1-2H3. The molecule has 2 aromatic rings. The Hall–Kier alpha value is -2.15. The van der Waals surface area contributed by atoms with Crippen LogP contribution in [0.4, 0.5) is 0 Å². The number of aryl methyl sites for hydroxylation is 1. The lowest BCUT2D eigenvalue weighted by Crippen LogP contribution is -2.10. The van der Waals surface area contributed by atoms with Crippen molar-refractivity contribution in [1.29, 1.82) is 5.26 Å². The molecule has 2 rings (SSSR count). The third-order valence-electron chi connectivity index (χ3n) is 2.43. The van der Waals surface area contributed by atoms with Crippen LogP contribution in [0.2, 0.25) is 0 Å². The number of nitriles is 1. The van der Waals surface area contributed by atoms with Crippen LogP contribution in [-0.4, -0.2) is 14.8 Å². The normalized spacial score (nSPS) is 11.0. The van der Waals surface area contributed by atoms with Gasteiger partial charge in [0.25, 0.3) is 0 Å². The van der Waals surface area contributed by atoms with Crippen molar-refractivity contribution in [3.8, 4) is 6.07 Å². The highest BCUT2D eigenvalue weighted by Gasteiger charge is 2.13. The maximum atomic E-state index is 8.86. The summed E-state index contributed by atoms with van der Waals surface area (Å²) < 4.78 is 1.83. The Balaban J connectivity index is 0.000000771. The first-order valence-corrected chi connectivity index (χ1v) is 6.09. The van der Waals surface area contributed by atoms with Crippen LogP contribution in [0, 0.1) is 18.3 Å². The molecule has 0 aromatic carbocycles. The minimum atomic E-state index is -0.0262. The van der Waals surface area contributed by atoms with Gasteiger partial charge < -0.3 is 0 Å². The van der Waals surface area contributed by atoms with Gasteiger partial charge in [-0.1, -0.05) is 13.8 Å². The van der Waals surface area contributed by atoms with Crippen molar-refractivity contribution in [2.24, 2.45) is 0 Å². The second-order valence-corrected chi connectivity index (χ2v) is 3.66. The monoisotopic (exact) mass is 242 g/mol. The summed E-state index contributed by atoms with van der Waals surface area (Å²) in [6, 6.07) is 6.00. The van der Waals surface area contributed by atoms with Crippen LogP contribution >= 0.6 is 0 Å². The molecule has 0 spiro atoms. The number of pyridine rings is 1. The first-order chi connectivity index (χ1) is 8.81. The zero-order valence-corrected chi connectivity index (χ0v) is 11.0. The molecule has 0 saturated heterocycles. The minimum Gasteiger partial charge on any atom is -0.265 e. The van der Waals surface area contributed by atoms with E-state index in [0.29, 0.717) is 6.42 Å². The molecule has 0 fully saturated rings. The molecule has 1 unspecified atom stereocenters. The van der Waals surface area contributed by atoms with Gasteiger partial charge in [-0.05, 0) is 30.2 Å². The van der Waals surface area contributed by atoms with E-state index in [1.165, 1.54) is 0 Å². The van der Waals surface area contributed by atoms with E-state index in [9.17, 15) is 0 Å². The van der Waals surface area contributed by atoms with E-state index in [0.717, 1.165) is 11.1 Å². The van der Waals surface area contributed by atoms with E-state index < -0.39 is 0 Å². The molecule has 0 bridgehead atoms. The van der Waals surface area contributed by atoms with Gasteiger partial charge in [0.2, 0.25) is 0 Å². The summed E-state index contributed by atoms with van der Waals surface area (Å²) >= 11 is 0. The van der Waals surface area contributed by atoms with Gasteiger partial charge in [-0.3, -0.25) is 9.67 Å². The second-order valence-electron chi connectivity index (χ2n) is 3.66. The summed E-state index contributed by atoms with van der Waals surface area (Å²) in [4.78, 5) is 3.97. The predicted molar refractivity (Wildman–Crippen MR) is 70.9 cm³/mol. The first kappa shape index (κ1) is 13.9. The molecule has 0 N–H and O–H groups in total. The Morgan fingerprint density at radius 2 is 2.00 bits per heavy atom. The quantitative estimate of drug-likeness (QED) is 0.831. The van der Waals surface area contributed by atoms with Crippen LogP contribution in [0.1, 0.15) is 37.4 Å². The topological polar surface area (TPSA) is 54.5 Å². The van der Waals surface area contributed by atoms with Gasteiger partial charge in [0.1, 0.15) is 0 Å². The van der Waals surface area contributed by atoms with Crippen molar-refractivity contribution < 1.29 is 0 Å². The molecule has 0 aliphatic heterocycles. The molecule has 1 atom stereocenters. The van der Waals surface area contributed by atoms with Crippen molar-refractivity contribution in [2.75, 3.05) is 0 Å². The van der Waals surface area contributed by atoms with Crippen molar-refractivity contribution in [1.82, 2.24) is 14.8 Å². The van der Waals surface area contributed by atoms with Gasteiger partial charge in [-0.15, -0.1) is 0 Å². The lowest BCUT2D eigenvalue weighted by molar-refractivity contribution is 0.531. The number of aromatic nitrogens is 3. The summed E-state index contributed by atoms with van der Waals surface area (Å²) in [6.07, 6.45) is 7.62. The predicted octanol–water partition coefficient (Wildman–Crippen LogP) is 3.12. The Bertz CT molecular complexity index is 496. The Morgan fingerprint density at radius 3 is 2.50 bits per heavy atom. The molecule has 0 saturated carbocycles. The average molecular weight is 242 g/mol. The van der Waals surface area contributed by atoms with Gasteiger partial charge in [0.05, 0.1) is 24.7 Å². The summed E-state index contributed by atoms with van der Waals surface area (Å²) in [7, 11) is 0. The summed E-state index contributed by atoms with van der Waals surface area (Å²) in [5.41, 5.74) is 2.15. The van der Waals surface area contributed by atoms with Crippen molar-refractivity contribution in [2.45, 2.75) is 33.2 Å². The van der Waals surface area contributed by atoms with E-state index in [4.69, 9.17) is 5.26 Å². The highest BCUT2D eigenvalue weighted by atomic mass is 15.3. The fourth-order valence-corrected chi connectivity index (χ4v) is 1.64. The third kappa shape index (κ3) is 3.42. The molecule has 2 heterocycles. The molecule has 94 valence electrons. The SMILES string of the molecule is CC.Cc1cnn(C(CC#N)c2ccncc2)c1. The Morgan fingerprint density at radius 1 is 1.33 bits per heavy atom. The van der Waals surface area contributed by atoms with E-state index in [-0.39, 0.29) is 6.04 Å². The van der Waals surface area contributed by atoms with Crippen LogP contribution in [0.15, 0.2) is 36.9 Å². The first-order valence-electron chi connectivity index (χ1n) is 6.09. The van der Waals surface area contributed by atoms with Crippen molar-refractivity contribution >= 4 is 0 Å². The molecule has 4 nitrogen and oxygen atoms in total. The zero-order chi connectivity index (χ0) is 13.4. The second kappa shape index (κ2) is 7.23. The van der Waals surface area contributed by atoms with Gasteiger partial charge >= 0.3 is 0 Å². The lowest BCUT2D eigenvalue weighted by atomic mass is 10.1. The maximum absolute atomic E-state index is 8.86. The Kier molecular flexibility index (Phi) is 5.59. The zero-order valence-electron chi connectivity index (χ0n) is 11.0. The largest absolute Gasteiger partial charge is 0.265 e. The molecule has 0 radical (unpaired) electrons. The molecule has 4 heteroatoms. The average Bonchev–Trinajstić information content (AvgIpc) is 2.86. The van der Waals surface area contributed by atoms with Crippen molar-refractivity contribution in [3.05, 3.63) is 48.0 Å². The van der Waals surface area contributed by atoms with Crippen LogP contribution in [0.5, 0.6) is 0 Å². The van der Waals surface area contributed by atoms with E-state index >= 15 is 0 Å². The molecular weight excluding hydrogens is 224 g/mol.